The van der Waals surface area contributed by atoms with Crippen LogP contribution in [0.3, 0.4) is 0 Å². The smallest absolute Gasteiger partial charge is 0.335 e. The average Bonchev–Trinajstić information content (AvgIpc) is 2.61. The minimum atomic E-state index is -0.968. The standard InChI is InChI=1S/C20H23NO4/c1-15-7-10-17(11-8-15)25-14-4-13-21-19(22)12-9-16-5-2-3-6-18(16)20(23)24/h2-3,5-8,10-11H,4,9,12-14H2,1H3,(H,21,22)(H,23,24). The Bertz CT molecular complexity index is 710. The van der Waals surface area contributed by atoms with Crippen LogP contribution < -0.4 is 10.1 Å². The molecule has 2 aromatic rings. The lowest BCUT2D eigenvalue weighted by Crippen LogP contribution is -2.26. The molecule has 0 unspecified atom stereocenters. The van der Waals surface area contributed by atoms with Crippen molar-refractivity contribution in [1.82, 2.24) is 5.32 Å². The summed E-state index contributed by atoms with van der Waals surface area (Å²) in [5.41, 5.74) is 2.11. The molecular formula is C20H23NO4. The number of hydrogen-bond donors (Lipinski definition) is 2. The van der Waals surface area contributed by atoms with E-state index >= 15 is 0 Å². The summed E-state index contributed by atoms with van der Waals surface area (Å²) in [6, 6.07) is 14.6. The van der Waals surface area contributed by atoms with Crippen LogP contribution in [0, 0.1) is 6.92 Å². The highest BCUT2D eigenvalue weighted by atomic mass is 16.5. The maximum Gasteiger partial charge on any atom is 0.335 e. The molecule has 0 bridgehead atoms. The van der Waals surface area contributed by atoms with Crippen LogP contribution in [-0.2, 0) is 11.2 Å². The van der Waals surface area contributed by atoms with Crippen molar-refractivity contribution >= 4 is 11.9 Å². The number of hydrogen-bond acceptors (Lipinski definition) is 3. The third-order valence-corrected chi connectivity index (χ3v) is 3.80. The molecule has 5 nitrogen and oxygen atoms in total. The third kappa shape index (κ3) is 6.30. The molecule has 0 aliphatic rings. The van der Waals surface area contributed by atoms with Gasteiger partial charge in [-0.2, -0.15) is 0 Å². The van der Waals surface area contributed by atoms with Crippen LogP contribution in [0.4, 0.5) is 0 Å². The summed E-state index contributed by atoms with van der Waals surface area (Å²) < 4.78 is 5.60. The molecule has 132 valence electrons. The van der Waals surface area contributed by atoms with Gasteiger partial charge in [0, 0.05) is 13.0 Å². The molecule has 0 fully saturated rings. The number of nitrogens with one attached hydrogen (secondary N) is 1. The van der Waals surface area contributed by atoms with E-state index in [1.807, 2.05) is 31.2 Å². The summed E-state index contributed by atoms with van der Waals surface area (Å²) in [6.45, 7) is 3.09. The van der Waals surface area contributed by atoms with Crippen LogP contribution >= 0.6 is 0 Å². The van der Waals surface area contributed by atoms with Crippen molar-refractivity contribution in [2.75, 3.05) is 13.2 Å². The normalized spacial score (nSPS) is 10.3. The number of benzene rings is 2. The Hall–Kier alpha value is -2.82. The lowest BCUT2D eigenvalue weighted by molar-refractivity contribution is -0.121. The van der Waals surface area contributed by atoms with Gasteiger partial charge in [0.05, 0.1) is 12.2 Å². The highest BCUT2D eigenvalue weighted by Crippen LogP contribution is 2.12. The molecule has 1 amide bonds. The minimum absolute atomic E-state index is 0.0875. The number of carbonyl (C=O) groups excluding carboxylic acids is 1. The van der Waals surface area contributed by atoms with Gasteiger partial charge in [-0.3, -0.25) is 4.79 Å². The van der Waals surface area contributed by atoms with Gasteiger partial charge >= 0.3 is 5.97 Å². The molecule has 0 aliphatic heterocycles. The molecule has 0 aliphatic carbocycles. The van der Waals surface area contributed by atoms with E-state index in [2.05, 4.69) is 5.32 Å². The van der Waals surface area contributed by atoms with Crippen molar-refractivity contribution < 1.29 is 19.4 Å². The Labute approximate surface area is 147 Å². The molecule has 0 saturated heterocycles. The number of carboxylic acids is 1. The molecule has 0 atom stereocenters. The predicted molar refractivity (Wildman–Crippen MR) is 96.0 cm³/mol. The quantitative estimate of drug-likeness (QED) is 0.687. The number of ether oxygens (including phenoxy) is 1. The maximum atomic E-state index is 11.9. The van der Waals surface area contributed by atoms with E-state index in [9.17, 15) is 9.59 Å². The molecular weight excluding hydrogens is 318 g/mol. The molecule has 0 radical (unpaired) electrons. The second-order valence-corrected chi connectivity index (χ2v) is 5.83. The summed E-state index contributed by atoms with van der Waals surface area (Å²) in [5, 5.41) is 12.0. The van der Waals surface area contributed by atoms with Gasteiger partial charge in [-0.25, -0.2) is 4.79 Å². The summed E-state index contributed by atoms with van der Waals surface area (Å²) >= 11 is 0. The summed E-state index contributed by atoms with van der Waals surface area (Å²) in [6.07, 6.45) is 1.39. The number of aromatic carboxylic acids is 1. The van der Waals surface area contributed by atoms with Gasteiger partial charge < -0.3 is 15.2 Å². The van der Waals surface area contributed by atoms with Crippen molar-refractivity contribution in [3.63, 3.8) is 0 Å². The monoisotopic (exact) mass is 341 g/mol. The molecule has 2 aromatic carbocycles. The lowest BCUT2D eigenvalue weighted by atomic mass is 10.0. The van der Waals surface area contributed by atoms with Crippen LogP contribution in [0.15, 0.2) is 48.5 Å². The number of carbonyl (C=O) groups is 2. The number of amides is 1. The van der Waals surface area contributed by atoms with Gasteiger partial charge in [-0.1, -0.05) is 35.9 Å². The highest BCUT2D eigenvalue weighted by Gasteiger charge is 2.10. The Morgan fingerprint density at radius 1 is 1.08 bits per heavy atom. The maximum absolute atomic E-state index is 11.9. The first-order valence-corrected chi connectivity index (χ1v) is 8.33. The van der Waals surface area contributed by atoms with Gasteiger partial charge in [0.1, 0.15) is 5.75 Å². The van der Waals surface area contributed by atoms with Crippen LogP contribution in [0.1, 0.15) is 34.3 Å². The lowest BCUT2D eigenvalue weighted by Gasteiger charge is -2.08. The largest absolute Gasteiger partial charge is 0.494 e. The first-order chi connectivity index (χ1) is 12.1. The molecule has 2 rings (SSSR count). The van der Waals surface area contributed by atoms with Crippen molar-refractivity contribution in [3.8, 4) is 5.75 Å². The summed E-state index contributed by atoms with van der Waals surface area (Å²) in [4.78, 5) is 23.0. The van der Waals surface area contributed by atoms with E-state index in [-0.39, 0.29) is 17.9 Å². The molecule has 0 heterocycles. The Balaban J connectivity index is 1.64. The predicted octanol–water partition coefficient (Wildman–Crippen LogP) is 3.21. The Morgan fingerprint density at radius 3 is 2.52 bits per heavy atom. The average molecular weight is 341 g/mol. The topological polar surface area (TPSA) is 75.6 Å². The Morgan fingerprint density at radius 2 is 1.80 bits per heavy atom. The van der Waals surface area contributed by atoms with Gasteiger partial charge in [0.15, 0.2) is 0 Å². The molecule has 25 heavy (non-hydrogen) atoms. The molecule has 2 N–H and O–H groups in total. The summed E-state index contributed by atoms with van der Waals surface area (Å²) in [5.74, 6) is -0.234. The van der Waals surface area contributed by atoms with E-state index in [0.29, 0.717) is 31.6 Å². The van der Waals surface area contributed by atoms with E-state index in [1.54, 1.807) is 24.3 Å². The van der Waals surface area contributed by atoms with Gasteiger partial charge in [-0.05, 0) is 43.5 Å². The summed E-state index contributed by atoms with van der Waals surface area (Å²) in [7, 11) is 0. The molecule has 5 heteroatoms. The molecule has 0 aromatic heterocycles. The molecule has 0 saturated carbocycles. The zero-order chi connectivity index (χ0) is 18.1. The van der Waals surface area contributed by atoms with Crippen LogP contribution in [0.2, 0.25) is 0 Å². The van der Waals surface area contributed by atoms with Crippen molar-refractivity contribution in [2.45, 2.75) is 26.2 Å². The fourth-order valence-electron chi connectivity index (χ4n) is 2.41. The Kier molecular flexibility index (Phi) is 7.01. The zero-order valence-corrected chi connectivity index (χ0v) is 14.3. The van der Waals surface area contributed by atoms with Gasteiger partial charge in [0.25, 0.3) is 0 Å². The van der Waals surface area contributed by atoms with Crippen molar-refractivity contribution in [3.05, 3.63) is 65.2 Å². The number of rotatable bonds is 9. The van der Waals surface area contributed by atoms with Crippen LogP contribution in [-0.4, -0.2) is 30.1 Å². The SMILES string of the molecule is Cc1ccc(OCCCNC(=O)CCc2ccccc2C(=O)O)cc1. The second kappa shape index (κ2) is 9.47. The zero-order valence-electron chi connectivity index (χ0n) is 14.3. The van der Waals surface area contributed by atoms with E-state index in [0.717, 1.165) is 5.75 Å². The van der Waals surface area contributed by atoms with Crippen LogP contribution in [0.25, 0.3) is 0 Å². The van der Waals surface area contributed by atoms with E-state index < -0.39 is 5.97 Å². The minimum Gasteiger partial charge on any atom is -0.494 e. The third-order valence-electron chi connectivity index (χ3n) is 3.80. The van der Waals surface area contributed by atoms with Gasteiger partial charge in [-0.15, -0.1) is 0 Å². The van der Waals surface area contributed by atoms with E-state index in [4.69, 9.17) is 9.84 Å². The van der Waals surface area contributed by atoms with Crippen molar-refractivity contribution in [1.29, 1.82) is 0 Å². The second-order valence-electron chi connectivity index (χ2n) is 5.83. The highest BCUT2D eigenvalue weighted by molar-refractivity contribution is 5.89. The number of carboxylic acid groups (broad SMARTS) is 1. The first kappa shape index (κ1) is 18.5. The fourth-order valence-corrected chi connectivity index (χ4v) is 2.41. The van der Waals surface area contributed by atoms with Crippen LogP contribution in [0.5, 0.6) is 5.75 Å². The van der Waals surface area contributed by atoms with Gasteiger partial charge in [0.2, 0.25) is 5.91 Å². The molecule has 0 spiro atoms. The van der Waals surface area contributed by atoms with Crippen molar-refractivity contribution in [2.24, 2.45) is 0 Å². The number of aryl methyl sites for hydroxylation is 2. The first-order valence-electron chi connectivity index (χ1n) is 8.33. The fraction of sp³-hybridized carbons (Fsp3) is 0.300. The van der Waals surface area contributed by atoms with E-state index in [1.165, 1.54) is 5.56 Å².